The zero-order valence-corrected chi connectivity index (χ0v) is 12.2. The maximum atomic E-state index is 11.7. The Morgan fingerprint density at radius 1 is 1.25 bits per heavy atom. The minimum atomic E-state index is -0.453. The number of benzene rings is 1. The molecule has 0 saturated heterocycles. The number of aliphatic hydroxyl groups is 1. The van der Waals surface area contributed by atoms with Gasteiger partial charge in [0.2, 0.25) is 0 Å². The first-order valence-electron chi connectivity index (χ1n) is 7.13. The van der Waals surface area contributed by atoms with Gasteiger partial charge >= 0.3 is 6.03 Å². The van der Waals surface area contributed by atoms with Crippen molar-refractivity contribution in [3.8, 4) is 0 Å². The van der Waals surface area contributed by atoms with Crippen LogP contribution in [0.4, 0.5) is 10.5 Å². The van der Waals surface area contributed by atoms with Gasteiger partial charge in [0, 0.05) is 17.3 Å². The lowest BCUT2D eigenvalue weighted by Crippen LogP contribution is -2.39. The minimum Gasteiger partial charge on any atom is -0.391 e. The van der Waals surface area contributed by atoms with Gasteiger partial charge in [0.05, 0.1) is 6.10 Å². The van der Waals surface area contributed by atoms with Gasteiger partial charge in [-0.1, -0.05) is 30.9 Å². The molecule has 2 amide bonds. The van der Waals surface area contributed by atoms with Crippen molar-refractivity contribution in [3.05, 3.63) is 29.3 Å². The van der Waals surface area contributed by atoms with E-state index >= 15 is 0 Å². The van der Waals surface area contributed by atoms with Crippen LogP contribution in [-0.4, -0.2) is 23.8 Å². The zero-order valence-electron chi connectivity index (χ0n) is 11.4. The predicted molar refractivity (Wildman–Crippen MR) is 81.1 cm³/mol. The lowest BCUT2D eigenvalue weighted by atomic mass is 9.85. The molecule has 5 heteroatoms. The van der Waals surface area contributed by atoms with Gasteiger partial charge in [0.1, 0.15) is 0 Å². The second kappa shape index (κ2) is 7.50. The lowest BCUT2D eigenvalue weighted by Gasteiger charge is -2.26. The Bertz CT molecular complexity index is 430. The normalized spacial score (nSPS) is 17.5. The van der Waals surface area contributed by atoms with E-state index < -0.39 is 6.10 Å². The molecule has 1 unspecified atom stereocenters. The topological polar surface area (TPSA) is 61.4 Å². The summed E-state index contributed by atoms with van der Waals surface area (Å²) in [6, 6.07) is 6.60. The van der Waals surface area contributed by atoms with E-state index in [0.717, 1.165) is 12.8 Å². The first kappa shape index (κ1) is 15.1. The molecule has 0 bridgehead atoms. The van der Waals surface area contributed by atoms with Crippen molar-refractivity contribution >= 4 is 23.3 Å². The van der Waals surface area contributed by atoms with Crippen molar-refractivity contribution < 1.29 is 9.90 Å². The fourth-order valence-electron chi connectivity index (χ4n) is 2.59. The summed E-state index contributed by atoms with van der Waals surface area (Å²) in [5.41, 5.74) is 0.680. The number of nitrogens with one attached hydrogen (secondary N) is 2. The highest BCUT2D eigenvalue weighted by Crippen LogP contribution is 2.26. The largest absolute Gasteiger partial charge is 0.391 e. The van der Waals surface area contributed by atoms with Crippen molar-refractivity contribution in [2.75, 3.05) is 11.9 Å². The molecule has 1 aromatic carbocycles. The minimum absolute atomic E-state index is 0.296. The van der Waals surface area contributed by atoms with E-state index in [9.17, 15) is 9.90 Å². The van der Waals surface area contributed by atoms with Gasteiger partial charge in [-0.25, -0.2) is 4.79 Å². The molecule has 4 nitrogen and oxygen atoms in total. The predicted octanol–water partition coefficient (Wildman–Crippen LogP) is 3.40. The zero-order chi connectivity index (χ0) is 14.4. The van der Waals surface area contributed by atoms with E-state index in [1.165, 1.54) is 19.3 Å². The van der Waals surface area contributed by atoms with Crippen molar-refractivity contribution in [2.45, 2.75) is 38.2 Å². The molecule has 110 valence electrons. The molecule has 0 aliphatic heterocycles. The van der Waals surface area contributed by atoms with Crippen LogP contribution in [0.5, 0.6) is 0 Å². The Morgan fingerprint density at radius 2 is 1.90 bits per heavy atom. The number of carbonyl (C=O) groups is 1. The summed E-state index contributed by atoms with van der Waals surface area (Å²) < 4.78 is 0. The molecule has 0 aromatic heterocycles. The highest BCUT2D eigenvalue weighted by Gasteiger charge is 2.21. The van der Waals surface area contributed by atoms with E-state index in [2.05, 4.69) is 10.6 Å². The highest BCUT2D eigenvalue weighted by atomic mass is 35.5. The third-order valence-electron chi connectivity index (χ3n) is 3.77. The molecule has 1 aliphatic rings. The summed E-state index contributed by atoms with van der Waals surface area (Å²) >= 11 is 5.78. The molecule has 2 rings (SSSR count). The number of anilines is 1. The molecule has 0 radical (unpaired) electrons. The number of aliphatic hydroxyl groups excluding tert-OH is 1. The summed E-state index contributed by atoms with van der Waals surface area (Å²) in [7, 11) is 0. The lowest BCUT2D eigenvalue weighted by molar-refractivity contribution is 0.0863. The molecule has 1 aromatic rings. The second-order valence-electron chi connectivity index (χ2n) is 5.31. The van der Waals surface area contributed by atoms with Crippen molar-refractivity contribution in [1.82, 2.24) is 5.32 Å². The van der Waals surface area contributed by atoms with Gasteiger partial charge in [-0.05, 0) is 43.0 Å². The first-order chi connectivity index (χ1) is 9.65. The van der Waals surface area contributed by atoms with Crippen LogP contribution >= 0.6 is 11.6 Å². The van der Waals surface area contributed by atoms with Gasteiger partial charge in [0.15, 0.2) is 0 Å². The van der Waals surface area contributed by atoms with Crippen molar-refractivity contribution in [2.24, 2.45) is 5.92 Å². The van der Waals surface area contributed by atoms with E-state index in [1.54, 1.807) is 24.3 Å². The first-order valence-corrected chi connectivity index (χ1v) is 7.51. The Kier molecular flexibility index (Phi) is 5.68. The third-order valence-corrected chi connectivity index (χ3v) is 4.02. The van der Waals surface area contributed by atoms with Gasteiger partial charge in [-0.3, -0.25) is 0 Å². The standard InChI is InChI=1S/C15H21ClN2O2/c16-12-6-8-13(9-7-12)18-15(20)17-10-14(19)11-4-2-1-3-5-11/h6-9,11,14,19H,1-5,10H2,(H2,17,18,20). The quantitative estimate of drug-likeness (QED) is 0.797. The van der Waals surface area contributed by atoms with Gasteiger partial charge in [-0.15, -0.1) is 0 Å². The van der Waals surface area contributed by atoms with Gasteiger partial charge in [0.25, 0.3) is 0 Å². The Balaban J connectivity index is 1.72. The molecule has 1 aliphatic carbocycles. The number of rotatable bonds is 4. The monoisotopic (exact) mass is 296 g/mol. The van der Waals surface area contributed by atoms with Crippen molar-refractivity contribution in [1.29, 1.82) is 0 Å². The molecule has 0 spiro atoms. The van der Waals surface area contributed by atoms with E-state index in [1.807, 2.05) is 0 Å². The van der Waals surface area contributed by atoms with Gasteiger partial charge in [-0.2, -0.15) is 0 Å². The fraction of sp³-hybridized carbons (Fsp3) is 0.533. The highest BCUT2D eigenvalue weighted by molar-refractivity contribution is 6.30. The number of hydrogen-bond donors (Lipinski definition) is 3. The Hall–Kier alpha value is -1.26. The summed E-state index contributed by atoms with van der Waals surface area (Å²) in [4.78, 5) is 11.7. The van der Waals surface area contributed by atoms with Crippen LogP contribution in [0.3, 0.4) is 0 Å². The average Bonchev–Trinajstić information content (AvgIpc) is 2.48. The summed E-state index contributed by atoms with van der Waals surface area (Å²) in [5, 5.41) is 16.1. The van der Waals surface area contributed by atoms with Crippen molar-refractivity contribution in [3.63, 3.8) is 0 Å². The van der Waals surface area contributed by atoms with Gasteiger partial charge < -0.3 is 15.7 Å². The molecule has 1 fully saturated rings. The number of halogens is 1. The van der Waals surface area contributed by atoms with Crippen LogP contribution < -0.4 is 10.6 Å². The van der Waals surface area contributed by atoms with E-state index in [-0.39, 0.29) is 6.03 Å². The molecule has 20 heavy (non-hydrogen) atoms. The molecule has 1 atom stereocenters. The summed E-state index contributed by atoms with van der Waals surface area (Å²) in [6.07, 6.45) is 5.28. The maximum absolute atomic E-state index is 11.7. The SMILES string of the molecule is O=C(NCC(O)C1CCCCC1)Nc1ccc(Cl)cc1. The number of urea groups is 1. The summed E-state index contributed by atoms with van der Waals surface area (Å²) in [5.74, 6) is 0.319. The molecule has 1 saturated carbocycles. The van der Waals surface area contributed by atoms with E-state index in [4.69, 9.17) is 11.6 Å². The Morgan fingerprint density at radius 3 is 2.55 bits per heavy atom. The van der Waals surface area contributed by atoms with Crippen LogP contribution in [-0.2, 0) is 0 Å². The molecular weight excluding hydrogens is 276 g/mol. The van der Waals surface area contributed by atoms with Crippen LogP contribution in [0, 0.1) is 5.92 Å². The van der Waals surface area contributed by atoms with E-state index in [0.29, 0.717) is 23.2 Å². The maximum Gasteiger partial charge on any atom is 0.319 e. The summed E-state index contributed by atoms with van der Waals surface area (Å²) in [6.45, 7) is 0.296. The number of carbonyl (C=O) groups excluding carboxylic acids is 1. The molecule has 3 N–H and O–H groups in total. The molecular formula is C15H21ClN2O2. The second-order valence-corrected chi connectivity index (χ2v) is 5.74. The fourth-order valence-corrected chi connectivity index (χ4v) is 2.72. The number of hydrogen-bond acceptors (Lipinski definition) is 2. The number of amides is 2. The average molecular weight is 297 g/mol. The van der Waals surface area contributed by atoms with Crippen LogP contribution in [0.15, 0.2) is 24.3 Å². The molecule has 0 heterocycles. The van der Waals surface area contributed by atoms with Crippen LogP contribution in [0.2, 0.25) is 5.02 Å². The van der Waals surface area contributed by atoms with Crippen LogP contribution in [0.1, 0.15) is 32.1 Å². The smallest absolute Gasteiger partial charge is 0.319 e. The Labute approximate surface area is 124 Å². The third kappa shape index (κ3) is 4.69. The van der Waals surface area contributed by atoms with Crippen LogP contribution in [0.25, 0.3) is 0 Å².